The summed E-state index contributed by atoms with van der Waals surface area (Å²) in [5.41, 5.74) is 2.34. The predicted octanol–water partition coefficient (Wildman–Crippen LogP) is 2.08. The molecule has 2 atom stereocenters. The van der Waals surface area contributed by atoms with Crippen LogP contribution in [-0.4, -0.2) is 87.9 Å². The van der Waals surface area contributed by atoms with Gasteiger partial charge in [-0.25, -0.2) is 0 Å². The van der Waals surface area contributed by atoms with Crippen molar-refractivity contribution in [1.29, 1.82) is 0 Å². The summed E-state index contributed by atoms with van der Waals surface area (Å²) in [5, 5.41) is 6.91. The van der Waals surface area contributed by atoms with Crippen LogP contribution in [0, 0.1) is 6.92 Å². The third-order valence-corrected chi connectivity index (χ3v) is 5.80. The molecule has 0 bridgehead atoms. The van der Waals surface area contributed by atoms with Gasteiger partial charge in [0.2, 0.25) is 0 Å². The molecule has 1 aromatic carbocycles. The second-order valence-corrected chi connectivity index (χ2v) is 8.21. The number of ether oxygens (including phenoxy) is 2. The molecule has 8 heteroatoms. The smallest absolute Gasteiger partial charge is 0.191 e. The van der Waals surface area contributed by atoms with E-state index in [-0.39, 0.29) is 30.1 Å². The molecule has 3 rings (SSSR count). The molecule has 0 saturated carbocycles. The average molecular weight is 531 g/mol. The topological polar surface area (TPSA) is 61.4 Å². The summed E-state index contributed by atoms with van der Waals surface area (Å²) >= 11 is 0. The maximum Gasteiger partial charge on any atom is 0.191 e. The molecule has 2 unspecified atom stereocenters. The van der Waals surface area contributed by atoms with E-state index in [1.54, 1.807) is 0 Å². The van der Waals surface area contributed by atoms with Crippen molar-refractivity contribution in [2.45, 2.75) is 39.0 Å². The summed E-state index contributed by atoms with van der Waals surface area (Å²) < 4.78 is 11.7. The molecule has 0 aliphatic carbocycles. The monoisotopic (exact) mass is 531 g/mol. The van der Waals surface area contributed by atoms with E-state index in [1.807, 2.05) is 7.05 Å². The number of guanidine groups is 1. The van der Waals surface area contributed by atoms with Gasteiger partial charge in [-0.1, -0.05) is 12.1 Å². The lowest BCUT2D eigenvalue weighted by atomic mass is 10.1. The zero-order chi connectivity index (χ0) is 20.6. The molecule has 30 heavy (non-hydrogen) atoms. The zero-order valence-corrected chi connectivity index (χ0v) is 21.1. The number of benzene rings is 1. The number of aliphatic imine (C=N–C) groups is 1. The molecule has 0 radical (unpaired) electrons. The van der Waals surface area contributed by atoms with Gasteiger partial charge in [-0.15, -0.1) is 24.0 Å². The highest BCUT2D eigenvalue weighted by Gasteiger charge is 2.20. The molecular formula is C22H38IN5O2. The first-order valence-electron chi connectivity index (χ1n) is 10.8. The molecule has 170 valence electrons. The third-order valence-electron chi connectivity index (χ3n) is 5.80. The second-order valence-electron chi connectivity index (χ2n) is 8.21. The van der Waals surface area contributed by atoms with E-state index in [9.17, 15) is 0 Å². The van der Waals surface area contributed by atoms with E-state index >= 15 is 0 Å². The summed E-state index contributed by atoms with van der Waals surface area (Å²) in [4.78, 5) is 9.31. The molecule has 1 aromatic rings. The maximum atomic E-state index is 6.20. The first kappa shape index (κ1) is 25.2. The molecule has 2 aliphatic heterocycles. The van der Waals surface area contributed by atoms with Gasteiger partial charge in [0.25, 0.3) is 0 Å². The lowest BCUT2D eigenvalue weighted by molar-refractivity contribution is 0.120. The quantitative estimate of drug-likeness (QED) is 0.319. The number of rotatable bonds is 7. The number of nitrogens with one attached hydrogen (secondary N) is 2. The normalized spacial score (nSPS) is 21.7. The maximum absolute atomic E-state index is 6.20. The van der Waals surface area contributed by atoms with Gasteiger partial charge in [-0.3, -0.25) is 9.89 Å². The van der Waals surface area contributed by atoms with E-state index in [0.717, 1.165) is 63.0 Å². The van der Waals surface area contributed by atoms with Crippen molar-refractivity contribution < 1.29 is 9.47 Å². The number of piperazine rings is 1. The molecule has 2 aliphatic rings. The average Bonchev–Trinajstić information content (AvgIpc) is 3.23. The summed E-state index contributed by atoms with van der Waals surface area (Å²) in [6.07, 6.45) is 1.10. The third kappa shape index (κ3) is 7.55. The minimum atomic E-state index is 0. The highest BCUT2D eigenvalue weighted by molar-refractivity contribution is 14.0. The van der Waals surface area contributed by atoms with E-state index in [1.165, 1.54) is 5.56 Å². The highest BCUT2D eigenvalue weighted by atomic mass is 127. The lowest BCUT2D eigenvalue weighted by Crippen LogP contribution is -2.52. The Morgan fingerprint density at radius 1 is 1.27 bits per heavy atom. The van der Waals surface area contributed by atoms with Crippen molar-refractivity contribution in [1.82, 2.24) is 20.4 Å². The summed E-state index contributed by atoms with van der Waals surface area (Å²) in [7, 11) is 4.01. The Morgan fingerprint density at radius 3 is 2.70 bits per heavy atom. The van der Waals surface area contributed by atoms with Crippen LogP contribution in [0.5, 0.6) is 5.75 Å². The van der Waals surface area contributed by atoms with Gasteiger partial charge >= 0.3 is 0 Å². The largest absolute Gasteiger partial charge is 0.488 e. The van der Waals surface area contributed by atoms with E-state index in [4.69, 9.17) is 9.47 Å². The molecule has 0 spiro atoms. The van der Waals surface area contributed by atoms with Crippen LogP contribution in [0.4, 0.5) is 0 Å². The number of aryl methyl sites for hydroxylation is 1. The van der Waals surface area contributed by atoms with E-state index < -0.39 is 0 Å². The minimum absolute atomic E-state index is 0. The molecule has 2 N–H and O–H groups in total. The number of likely N-dealkylation sites (N-methyl/N-ethyl adjacent to an activating group) is 1. The fourth-order valence-electron chi connectivity index (χ4n) is 3.74. The van der Waals surface area contributed by atoms with Gasteiger partial charge in [0.1, 0.15) is 11.9 Å². The molecule has 0 aromatic heterocycles. The van der Waals surface area contributed by atoms with Crippen LogP contribution in [0.15, 0.2) is 23.2 Å². The number of hydrogen-bond acceptors (Lipinski definition) is 5. The van der Waals surface area contributed by atoms with Gasteiger partial charge in [0.15, 0.2) is 5.96 Å². The van der Waals surface area contributed by atoms with Crippen molar-refractivity contribution in [2.75, 3.05) is 60.0 Å². The standard InChI is InChI=1S/C22H37N5O2.HI/c1-17-5-6-19(21(13-17)29-20-7-12-28-16-20)15-25-22(23-3)24-14-18(2)27-10-8-26(4)9-11-27;/h5-6,13,18,20H,7-12,14-16H2,1-4H3,(H2,23,24,25);1H. The Bertz CT molecular complexity index is 673. The van der Waals surface area contributed by atoms with Gasteiger partial charge in [-0.2, -0.15) is 0 Å². The molecule has 2 heterocycles. The minimum Gasteiger partial charge on any atom is -0.488 e. The SMILES string of the molecule is CN=C(NCc1ccc(C)cc1OC1CCOC1)NCC(C)N1CCN(C)CC1.I. The number of hydrogen-bond donors (Lipinski definition) is 2. The Morgan fingerprint density at radius 2 is 2.03 bits per heavy atom. The molecule has 0 amide bonds. The zero-order valence-electron chi connectivity index (χ0n) is 18.8. The second kappa shape index (κ2) is 12.7. The fraction of sp³-hybridized carbons (Fsp3) is 0.682. The summed E-state index contributed by atoms with van der Waals surface area (Å²) in [6, 6.07) is 6.85. The van der Waals surface area contributed by atoms with Crippen LogP contribution in [0.25, 0.3) is 0 Å². The fourth-order valence-corrected chi connectivity index (χ4v) is 3.74. The molecule has 7 nitrogen and oxygen atoms in total. The number of halogens is 1. The van der Waals surface area contributed by atoms with Crippen molar-refractivity contribution in [2.24, 2.45) is 4.99 Å². The van der Waals surface area contributed by atoms with Gasteiger partial charge in [-0.05, 0) is 32.5 Å². The van der Waals surface area contributed by atoms with Gasteiger partial charge < -0.3 is 25.0 Å². The lowest BCUT2D eigenvalue weighted by Gasteiger charge is -2.36. The highest BCUT2D eigenvalue weighted by Crippen LogP contribution is 2.23. The van der Waals surface area contributed by atoms with Gasteiger partial charge in [0.05, 0.1) is 13.2 Å². The Kier molecular flexibility index (Phi) is 10.6. The molecule has 2 saturated heterocycles. The Labute approximate surface area is 198 Å². The van der Waals surface area contributed by atoms with Crippen LogP contribution in [0.1, 0.15) is 24.5 Å². The van der Waals surface area contributed by atoms with E-state index in [2.05, 4.69) is 64.5 Å². The van der Waals surface area contributed by atoms with Crippen LogP contribution in [0.2, 0.25) is 0 Å². The molecular weight excluding hydrogens is 493 g/mol. The van der Waals surface area contributed by atoms with Crippen molar-refractivity contribution in [3.05, 3.63) is 29.3 Å². The molecule has 2 fully saturated rings. The van der Waals surface area contributed by atoms with Crippen LogP contribution < -0.4 is 15.4 Å². The van der Waals surface area contributed by atoms with Crippen molar-refractivity contribution in [3.8, 4) is 5.75 Å². The van der Waals surface area contributed by atoms with Crippen LogP contribution >= 0.6 is 24.0 Å². The van der Waals surface area contributed by atoms with Crippen LogP contribution in [-0.2, 0) is 11.3 Å². The van der Waals surface area contributed by atoms with Crippen LogP contribution in [0.3, 0.4) is 0 Å². The first-order chi connectivity index (χ1) is 14.0. The van der Waals surface area contributed by atoms with E-state index in [0.29, 0.717) is 19.2 Å². The van der Waals surface area contributed by atoms with Crippen molar-refractivity contribution >= 4 is 29.9 Å². The van der Waals surface area contributed by atoms with Gasteiger partial charge in [0, 0.05) is 64.3 Å². The summed E-state index contributed by atoms with van der Waals surface area (Å²) in [6.45, 7) is 11.9. The Balaban J connectivity index is 0.00000320. The number of nitrogens with zero attached hydrogens (tertiary/aromatic N) is 3. The first-order valence-corrected chi connectivity index (χ1v) is 10.8. The van der Waals surface area contributed by atoms with Crippen molar-refractivity contribution in [3.63, 3.8) is 0 Å². The predicted molar refractivity (Wildman–Crippen MR) is 133 cm³/mol. The Hall–Kier alpha value is -1.10. The summed E-state index contributed by atoms with van der Waals surface area (Å²) in [5.74, 6) is 1.76.